The van der Waals surface area contributed by atoms with Crippen LogP contribution in [0.25, 0.3) is 0 Å². The number of hydrogen-bond acceptors (Lipinski definition) is 3. The van der Waals surface area contributed by atoms with E-state index in [-0.39, 0.29) is 5.41 Å². The first kappa shape index (κ1) is 15.3. The molecule has 2 fully saturated rings. The molecule has 2 aliphatic rings. The molecule has 1 aromatic carbocycles. The van der Waals surface area contributed by atoms with Gasteiger partial charge < -0.3 is 4.90 Å². The van der Waals surface area contributed by atoms with E-state index in [0.29, 0.717) is 5.91 Å². The van der Waals surface area contributed by atoms with Crippen molar-refractivity contribution >= 4 is 5.91 Å². The molecule has 4 rings (SSSR count). The van der Waals surface area contributed by atoms with E-state index in [1.165, 1.54) is 5.56 Å². The second-order valence-corrected chi connectivity index (χ2v) is 6.84. The lowest BCUT2D eigenvalue weighted by Crippen LogP contribution is -2.51. The number of aromatic nitrogens is 1. The number of amides is 1. The van der Waals surface area contributed by atoms with Gasteiger partial charge in [-0.2, -0.15) is 0 Å². The first-order valence-corrected chi connectivity index (χ1v) is 8.75. The molecule has 0 atom stereocenters. The van der Waals surface area contributed by atoms with E-state index in [4.69, 9.17) is 0 Å². The lowest BCUT2D eigenvalue weighted by Gasteiger charge is -2.36. The molecule has 0 bridgehead atoms. The quantitative estimate of drug-likeness (QED) is 0.868. The average Bonchev–Trinajstić information content (AvgIpc) is 3.45. The zero-order chi connectivity index (χ0) is 16.4. The van der Waals surface area contributed by atoms with Crippen molar-refractivity contribution in [2.24, 2.45) is 0 Å². The fourth-order valence-electron chi connectivity index (χ4n) is 3.64. The van der Waals surface area contributed by atoms with Crippen molar-refractivity contribution in [1.82, 2.24) is 14.8 Å². The second-order valence-electron chi connectivity index (χ2n) is 6.84. The minimum absolute atomic E-state index is 0.232. The lowest BCUT2D eigenvalue weighted by atomic mass is 9.94. The number of piperazine rings is 1. The number of benzene rings is 1. The first-order chi connectivity index (χ1) is 11.8. The van der Waals surface area contributed by atoms with Gasteiger partial charge in [0.1, 0.15) is 0 Å². The Morgan fingerprint density at radius 2 is 1.67 bits per heavy atom. The van der Waals surface area contributed by atoms with Gasteiger partial charge in [0, 0.05) is 38.9 Å². The van der Waals surface area contributed by atoms with E-state index in [9.17, 15) is 4.79 Å². The van der Waals surface area contributed by atoms with E-state index >= 15 is 0 Å². The van der Waals surface area contributed by atoms with Crippen LogP contribution >= 0.6 is 0 Å². The molecule has 4 heteroatoms. The standard InChI is InChI=1S/C20H23N3O/c24-19(20(9-10-20)17-6-2-1-3-7-17)23-14-12-22(13-15-23)16-18-8-4-5-11-21-18/h1-8,11H,9-10,12-16H2. The molecule has 0 N–H and O–H groups in total. The molecular formula is C20H23N3O. The smallest absolute Gasteiger partial charge is 0.233 e. The lowest BCUT2D eigenvalue weighted by molar-refractivity contribution is -0.135. The molecule has 24 heavy (non-hydrogen) atoms. The summed E-state index contributed by atoms with van der Waals surface area (Å²) in [5.74, 6) is 0.325. The summed E-state index contributed by atoms with van der Waals surface area (Å²) in [4.78, 5) is 21.9. The molecule has 4 nitrogen and oxygen atoms in total. The Labute approximate surface area is 143 Å². The number of rotatable bonds is 4. The molecule has 1 aromatic heterocycles. The second kappa shape index (κ2) is 6.36. The fourth-order valence-corrected chi connectivity index (χ4v) is 3.64. The highest BCUT2D eigenvalue weighted by molar-refractivity contribution is 5.91. The number of carbonyl (C=O) groups is 1. The van der Waals surface area contributed by atoms with E-state index in [1.807, 2.05) is 36.5 Å². The highest BCUT2D eigenvalue weighted by Crippen LogP contribution is 2.49. The summed E-state index contributed by atoms with van der Waals surface area (Å²) in [7, 11) is 0. The van der Waals surface area contributed by atoms with Crippen LogP contribution in [0.15, 0.2) is 54.7 Å². The van der Waals surface area contributed by atoms with Crippen LogP contribution in [0.5, 0.6) is 0 Å². The zero-order valence-corrected chi connectivity index (χ0v) is 13.9. The number of nitrogens with zero attached hydrogens (tertiary/aromatic N) is 3. The first-order valence-electron chi connectivity index (χ1n) is 8.75. The molecule has 0 spiro atoms. The summed E-state index contributed by atoms with van der Waals surface area (Å²) >= 11 is 0. The molecular weight excluding hydrogens is 298 g/mol. The van der Waals surface area contributed by atoms with Crippen LogP contribution in [-0.2, 0) is 16.8 Å². The Bertz CT molecular complexity index is 689. The van der Waals surface area contributed by atoms with Crippen LogP contribution in [0.1, 0.15) is 24.1 Å². The number of carbonyl (C=O) groups excluding carboxylic acids is 1. The Kier molecular flexibility index (Phi) is 4.07. The van der Waals surface area contributed by atoms with Crippen molar-refractivity contribution in [2.45, 2.75) is 24.8 Å². The van der Waals surface area contributed by atoms with Crippen molar-refractivity contribution in [3.63, 3.8) is 0 Å². The predicted octanol–water partition coefficient (Wildman–Crippen LogP) is 2.46. The topological polar surface area (TPSA) is 36.4 Å². The van der Waals surface area contributed by atoms with Crippen molar-refractivity contribution in [2.75, 3.05) is 26.2 Å². The van der Waals surface area contributed by atoms with Crippen molar-refractivity contribution in [3.8, 4) is 0 Å². The van der Waals surface area contributed by atoms with Gasteiger partial charge in [0.25, 0.3) is 0 Å². The van der Waals surface area contributed by atoms with Gasteiger partial charge in [-0.1, -0.05) is 36.4 Å². The zero-order valence-electron chi connectivity index (χ0n) is 13.9. The Morgan fingerprint density at radius 3 is 2.29 bits per heavy atom. The Balaban J connectivity index is 1.37. The van der Waals surface area contributed by atoms with Crippen LogP contribution in [0.2, 0.25) is 0 Å². The van der Waals surface area contributed by atoms with Gasteiger partial charge in [-0.25, -0.2) is 0 Å². The third kappa shape index (κ3) is 2.94. The third-order valence-corrected chi connectivity index (χ3v) is 5.26. The van der Waals surface area contributed by atoms with Gasteiger partial charge in [0.2, 0.25) is 5.91 Å². The maximum atomic E-state index is 13.0. The molecule has 1 saturated carbocycles. The molecule has 1 aliphatic heterocycles. The summed E-state index contributed by atoms with van der Waals surface area (Å²) in [6.07, 6.45) is 3.82. The van der Waals surface area contributed by atoms with Crippen molar-refractivity contribution in [3.05, 3.63) is 66.0 Å². The summed E-state index contributed by atoms with van der Waals surface area (Å²) < 4.78 is 0. The van der Waals surface area contributed by atoms with Crippen molar-refractivity contribution < 1.29 is 4.79 Å². The predicted molar refractivity (Wildman–Crippen MR) is 93.4 cm³/mol. The van der Waals surface area contributed by atoms with Crippen LogP contribution in [0.4, 0.5) is 0 Å². The molecule has 0 radical (unpaired) electrons. The minimum atomic E-state index is -0.232. The highest BCUT2D eigenvalue weighted by atomic mass is 16.2. The van der Waals surface area contributed by atoms with Gasteiger partial charge in [-0.15, -0.1) is 0 Å². The summed E-state index contributed by atoms with van der Waals surface area (Å²) in [5, 5.41) is 0. The molecule has 1 saturated heterocycles. The Hall–Kier alpha value is -2.20. The van der Waals surface area contributed by atoms with Gasteiger partial charge >= 0.3 is 0 Å². The Morgan fingerprint density at radius 1 is 0.958 bits per heavy atom. The molecule has 1 amide bonds. The highest BCUT2D eigenvalue weighted by Gasteiger charge is 2.53. The average molecular weight is 321 g/mol. The monoisotopic (exact) mass is 321 g/mol. The van der Waals surface area contributed by atoms with Gasteiger partial charge in [0.15, 0.2) is 0 Å². The SMILES string of the molecule is O=C(N1CCN(Cc2ccccn2)CC1)C1(c2ccccc2)CC1. The normalized spacial score (nSPS) is 19.9. The third-order valence-electron chi connectivity index (χ3n) is 5.26. The molecule has 1 aliphatic carbocycles. The maximum absolute atomic E-state index is 13.0. The van der Waals surface area contributed by atoms with Crippen molar-refractivity contribution in [1.29, 1.82) is 0 Å². The molecule has 0 unspecified atom stereocenters. The van der Waals surface area contributed by atoms with Crippen LogP contribution < -0.4 is 0 Å². The van der Waals surface area contributed by atoms with Crippen LogP contribution in [0, 0.1) is 0 Å². The van der Waals surface area contributed by atoms with E-state index in [1.54, 1.807) is 0 Å². The summed E-state index contributed by atoms with van der Waals surface area (Å²) in [5.41, 5.74) is 2.05. The van der Waals surface area contributed by atoms with Crippen LogP contribution in [-0.4, -0.2) is 46.9 Å². The minimum Gasteiger partial charge on any atom is -0.339 e. The van der Waals surface area contributed by atoms with Gasteiger partial charge in [-0.3, -0.25) is 14.7 Å². The summed E-state index contributed by atoms with van der Waals surface area (Å²) in [6.45, 7) is 4.35. The van der Waals surface area contributed by atoms with Gasteiger partial charge in [0.05, 0.1) is 11.1 Å². The van der Waals surface area contributed by atoms with Gasteiger partial charge in [-0.05, 0) is 30.5 Å². The fraction of sp³-hybridized carbons (Fsp3) is 0.400. The molecule has 2 heterocycles. The molecule has 124 valence electrons. The largest absolute Gasteiger partial charge is 0.339 e. The van der Waals surface area contributed by atoms with E-state index in [2.05, 4.69) is 33.0 Å². The maximum Gasteiger partial charge on any atom is 0.233 e. The summed E-state index contributed by atoms with van der Waals surface area (Å²) in [6, 6.07) is 16.3. The van der Waals surface area contributed by atoms with E-state index < -0.39 is 0 Å². The van der Waals surface area contributed by atoms with E-state index in [0.717, 1.165) is 51.3 Å². The number of hydrogen-bond donors (Lipinski definition) is 0. The van der Waals surface area contributed by atoms with Crippen LogP contribution in [0.3, 0.4) is 0 Å². The molecule has 2 aromatic rings. The number of pyridine rings is 1.